The van der Waals surface area contributed by atoms with Gasteiger partial charge in [-0.1, -0.05) is 32.0 Å². The van der Waals surface area contributed by atoms with Crippen molar-refractivity contribution in [3.8, 4) is 0 Å². The maximum Gasteiger partial charge on any atom is 0.241 e. The standard InChI is InChI=1S/C17H27N3O/c1-12(2)16-9-6-10-20(16)13(3)17(21)19-15-8-5-4-7-14(15)11-18/h4-5,7-8,12-13,16H,6,9-11,18H2,1-3H3,(H,19,21). The summed E-state index contributed by atoms with van der Waals surface area (Å²) in [6.07, 6.45) is 2.37. The average Bonchev–Trinajstić information content (AvgIpc) is 2.96. The Bertz CT molecular complexity index is 487. The van der Waals surface area contributed by atoms with Crippen LogP contribution < -0.4 is 11.1 Å². The molecule has 0 aliphatic carbocycles. The smallest absolute Gasteiger partial charge is 0.241 e. The number of hydrogen-bond donors (Lipinski definition) is 2. The maximum atomic E-state index is 12.5. The molecule has 2 rings (SSSR count). The van der Waals surface area contributed by atoms with Gasteiger partial charge in [0.1, 0.15) is 0 Å². The number of amides is 1. The van der Waals surface area contributed by atoms with Crippen LogP contribution >= 0.6 is 0 Å². The van der Waals surface area contributed by atoms with E-state index in [1.807, 2.05) is 31.2 Å². The molecule has 0 bridgehead atoms. The lowest BCUT2D eigenvalue weighted by atomic mass is 10.0. The van der Waals surface area contributed by atoms with Gasteiger partial charge >= 0.3 is 0 Å². The van der Waals surface area contributed by atoms with E-state index in [0.29, 0.717) is 18.5 Å². The van der Waals surface area contributed by atoms with Crippen LogP contribution in [0.5, 0.6) is 0 Å². The fourth-order valence-corrected chi connectivity index (χ4v) is 3.22. The van der Waals surface area contributed by atoms with Gasteiger partial charge in [-0.05, 0) is 43.9 Å². The minimum absolute atomic E-state index is 0.0588. The van der Waals surface area contributed by atoms with Crippen molar-refractivity contribution >= 4 is 11.6 Å². The lowest BCUT2D eigenvalue weighted by Crippen LogP contribution is -2.46. The molecule has 0 spiro atoms. The molecule has 1 amide bonds. The number of carbonyl (C=O) groups excluding carboxylic acids is 1. The molecular formula is C17H27N3O. The highest BCUT2D eigenvalue weighted by Gasteiger charge is 2.33. The van der Waals surface area contributed by atoms with Crippen LogP contribution in [0, 0.1) is 5.92 Å². The van der Waals surface area contributed by atoms with Crippen LogP contribution in [0.1, 0.15) is 39.2 Å². The Morgan fingerprint density at radius 2 is 2.10 bits per heavy atom. The van der Waals surface area contributed by atoms with E-state index < -0.39 is 0 Å². The summed E-state index contributed by atoms with van der Waals surface area (Å²) in [6.45, 7) is 7.91. The molecule has 1 aliphatic heterocycles. The first-order chi connectivity index (χ1) is 10.0. The second-order valence-electron chi connectivity index (χ2n) is 6.22. The van der Waals surface area contributed by atoms with E-state index in [1.54, 1.807) is 0 Å². The molecule has 1 aliphatic rings. The molecule has 4 heteroatoms. The van der Waals surface area contributed by atoms with Crippen LogP contribution in [-0.2, 0) is 11.3 Å². The number of carbonyl (C=O) groups is 1. The number of rotatable bonds is 5. The highest BCUT2D eigenvalue weighted by Crippen LogP contribution is 2.26. The first-order valence-corrected chi connectivity index (χ1v) is 7.89. The van der Waals surface area contributed by atoms with Gasteiger partial charge in [-0.3, -0.25) is 9.69 Å². The van der Waals surface area contributed by atoms with Crippen molar-refractivity contribution in [1.29, 1.82) is 0 Å². The SMILES string of the molecule is CC(C)C1CCCN1C(C)C(=O)Nc1ccccc1CN. The lowest BCUT2D eigenvalue weighted by Gasteiger charge is -2.32. The number of nitrogens with one attached hydrogen (secondary N) is 1. The summed E-state index contributed by atoms with van der Waals surface area (Å²) in [4.78, 5) is 14.9. The van der Waals surface area contributed by atoms with Crippen LogP contribution in [0.25, 0.3) is 0 Å². The number of anilines is 1. The predicted molar refractivity (Wildman–Crippen MR) is 87.0 cm³/mol. The quantitative estimate of drug-likeness (QED) is 0.876. The summed E-state index contributed by atoms with van der Waals surface area (Å²) in [5.41, 5.74) is 7.53. The average molecular weight is 289 g/mol. The van der Waals surface area contributed by atoms with Gasteiger partial charge < -0.3 is 11.1 Å². The molecular weight excluding hydrogens is 262 g/mol. The van der Waals surface area contributed by atoms with Crippen LogP contribution in [0.15, 0.2) is 24.3 Å². The number of nitrogens with two attached hydrogens (primary N) is 1. The van der Waals surface area contributed by atoms with E-state index in [9.17, 15) is 4.79 Å². The number of hydrogen-bond acceptors (Lipinski definition) is 3. The first kappa shape index (κ1) is 16.0. The summed E-state index contributed by atoms with van der Waals surface area (Å²) < 4.78 is 0. The number of para-hydroxylation sites is 1. The van der Waals surface area contributed by atoms with Crippen LogP contribution in [0.4, 0.5) is 5.69 Å². The topological polar surface area (TPSA) is 58.4 Å². The summed E-state index contributed by atoms with van der Waals surface area (Å²) in [6, 6.07) is 8.13. The third-order valence-electron chi connectivity index (χ3n) is 4.48. The third-order valence-corrected chi connectivity index (χ3v) is 4.48. The van der Waals surface area contributed by atoms with Gasteiger partial charge in [-0.2, -0.15) is 0 Å². The van der Waals surface area contributed by atoms with E-state index in [-0.39, 0.29) is 11.9 Å². The fourth-order valence-electron chi connectivity index (χ4n) is 3.22. The van der Waals surface area contributed by atoms with Crippen molar-refractivity contribution in [2.75, 3.05) is 11.9 Å². The molecule has 1 saturated heterocycles. The van der Waals surface area contributed by atoms with Crippen molar-refractivity contribution in [3.05, 3.63) is 29.8 Å². The van der Waals surface area contributed by atoms with Crippen molar-refractivity contribution in [2.24, 2.45) is 11.7 Å². The molecule has 4 nitrogen and oxygen atoms in total. The van der Waals surface area contributed by atoms with E-state index in [2.05, 4.69) is 24.1 Å². The van der Waals surface area contributed by atoms with Gasteiger partial charge in [-0.15, -0.1) is 0 Å². The Kier molecular flexibility index (Phi) is 5.37. The highest BCUT2D eigenvalue weighted by atomic mass is 16.2. The molecule has 0 aromatic heterocycles. The zero-order chi connectivity index (χ0) is 15.4. The zero-order valence-corrected chi connectivity index (χ0v) is 13.3. The predicted octanol–water partition coefficient (Wildman–Crippen LogP) is 2.59. The van der Waals surface area contributed by atoms with E-state index in [0.717, 1.165) is 17.8 Å². The zero-order valence-electron chi connectivity index (χ0n) is 13.3. The molecule has 1 aromatic carbocycles. The molecule has 21 heavy (non-hydrogen) atoms. The fraction of sp³-hybridized carbons (Fsp3) is 0.588. The molecule has 3 N–H and O–H groups in total. The molecule has 0 saturated carbocycles. The van der Waals surface area contributed by atoms with Crippen molar-refractivity contribution < 1.29 is 4.79 Å². The van der Waals surface area contributed by atoms with Crippen molar-refractivity contribution in [3.63, 3.8) is 0 Å². The molecule has 1 fully saturated rings. The van der Waals surface area contributed by atoms with Gasteiger partial charge in [0.25, 0.3) is 0 Å². The Morgan fingerprint density at radius 1 is 1.38 bits per heavy atom. The molecule has 116 valence electrons. The van der Waals surface area contributed by atoms with E-state index >= 15 is 0 Å². The second-order valence-corrected chi connectivity index (χ2v) is 6.22. The van der Waals surface area contributed by atoms with E-state index in [4.69, 9.17) is 5.73 Å². The lowest BCUT2D eigenvalue weighted by molar-refractivity contribution is -0.121. The van der Waals surface area contributed by atoms with Crippen LogP contribution in [0.2, 0.25) is 0 Å². The van der Waals surface area contributed by atoms with Crippen molar-refractivity contribution in [2.45, 2.75) is 52.2 Å². The monoisotopic (exact) mass is 289 g/mol. The van der Waals surface area contributed by atoms with Gasteiger partial charge in [-0.25, -0.2) is 0 Å². The molecule has 1 aromatic rings. The normalized spacial score (nSPS) is 20.7. The maximum absolute atomic E-state index is 12.5. The van der Waals surface area contributed by atoms with Crippen LogP contribution in [0.3, 0.4) is 0 Å². The van der Waals surface area contributed by atoms with Crippen LogP contribution in [-0.4, -0.2) is 29.4 Å². The minimum atomic E-state index is -0.106. The number of benzene rings is 1. The molecule has 2 atom stereocenters. The molecule has 1 heterocycles. The highest BCUT2D eigenvalue weighted by molar-refractivity contribution is 5.95. The summed E-state index contributed by atoms with van der Waals surface area (Å²) in [5, 5.41) is 3.04. The summed E-state index contributed by atoms with van der Waals surface area (Å²) in [5.74, 6) is 0.641. The Hall–Kier alpha value is -1.39. The van der Waals surface area contributed by atoms with E-state index in [1.165, 1.54) is 12.8 Å². The van der Waals surface area contributed by atoms with Crippen molar-refractivity contribution in [1.82, 2.24) is 4.90 Å². The number of likely N-dealkylation sites (tertiary alicyclic amines) is 1. The Labute approximate surface area is 127 Å². The Morgan fingerprint density at radius 3 is 2.76 bits per heavy atom. The molecule has 0 radical (unpaired) electrons. The second kappa shape index (κ2) is 7.05. The molecule has 2 unspecified atom stereocenters. The third kappa shape index (κ3) is 3.63. The largest absolute Gasteiger partial charge is 0.326 e. The van der Waals surface area contributed by atoms with Gasteiger partial charge in [0.05, 0.1) is 6.04 Å². The Balaban J connectivity index is 2.06. The van der Waals surface area contributed by atoms with Gasteiger partial charge in [0.2, 0.25) is 5.91 Å². The summed E-state index contributed by atoms with van der Waals surface area (Å²) >= 11 is 0. The number of nitrogens with zero attached hydrogens (tertiary/aromatic N) is 1. The first-order valence-electron chi connectivity index (χ1n) is 7.89. The van der Waals surface area contributed by atoms with Gasteiger partial charge in [0.15, 0.2) is 0 Å². The van der Waals surface area contributed by atoms with Gasteiger partial charge in [0, 0.05) is 18.3 Å². The minimum Gasteiger partial charge on any atom is -0.326 e. The summed E-state index contributed by atoms with van der Waals surface area (Å²) in [7, 11) is 0.